The molecule has 0 aliphatic carbocycles. The zero-order chi connectivity index (χ0) is 14.7. The normalized spacial score (nSPS) is 15.0. The Hall–Kier alpha value is -2.40. The molecule has 0 radical (unpaired) electrons. The van der Waals surface area contributed by atoms with Gasteiger partial charge < -0.3 is 16.0 Å². The molecular weight excluding hydrogens is 262 g/mol. The summed E-state index contributed by atoms with van der Waals surface area (Å²) in [7, 11) is 0. The summed E-state index contributed by atoms with van der Waals surface area (Å²) in [6, 6.07) is 5.87. The lowest BCUT2D eigenvalue weighted by Crippen LogP contribution is -2.43. The fourth-order valence-corrected chi connectivity index (χ4v) is 2.46. The van der Waals surface area contributed by atoms with Gasteiger partial charge in [0.1, 0.15) is 5.82 Å². The molecule has 108 valence electrons. The topological polar surface area (TPSA) is 67.1 Å². The maximum Gasteiger partial charge on any atom is 0.147 e. The molecule has 0 bridgehead atoms. The lowest BCUT2D eigenvalue weighted by molar-refractivity contribution is 0.584. The maximum atomic E-state index is 6.01. The Morgan fingerprint density at radius 3 is 2.76 bits per heavy atom. The summed E-state index contributed by atoms with van der Waals surface area (Å²) in [6.45, 7) is 7.62. The van der Waals surface area contributed by atoms with E-state index in [-0.39, 0.29) is 0 Å². The third kappa shape index (κ3) is 2.87. The summed E-state index contributed by atoms with van der Waals surface area (Å²) in [5.74, 6) is 0.917. The quantitative estimate of drug-likeness (QED) is 0.839. The van der Waals surface area contributed by atoms with E-state index in [9.17, 15) is 0 Å². The molecule has 5 heteroatoms. The van der Waals surface area contributed by atoms with Crippen molar-refractivity contribution in [2.24, 2.45) is 0 Å². The molecule has 0 saturated carbocycles. The molecule has 1 saturated heterocycles. The Labute approximate surface area is 124 Å². The fraction of sp³-hybridized carbons (Fsp3) is 0.250. The lowest BCUT2D eigenvalue weighted by atomic mass is 10.1. The summed E-state index contributed by atoms with van der Waals surface area (Å²) in [6.07, 6.45) is 5.34. The average molecular weight is 281 g/mol. The van der Waals surface area contributed by atoms with Gasteiger partial charge in [0.2, 0.25) is 0 Å². The third-order valence-corrected chi connectivity index (χ3v) is 3.67. The highest BCUT2D eigenvalue weighted by Gasteiger charge is 2.13. The second-order valence-corrected chi connectivity index (χ2v) is 5.05. The SMILES string of the molecule is C=Cc1ccc(-c2cncc(N3CCNCC3)n2)cc1N. The molecule has 0 amide bonds. The number of nitrogens with two attached hydrogens (primary N) is 1. The van der Waals surface area contributed by atoms with Crippen LogP contribution < -0.4 is 16.0 Å². The van der Waals surface area contributed by atoms with Crippen LogP contribution in [0, 0.1) is 0 Å². The van der Waals surface area contributed by atoms with E-state index in [1.54, 1.807) is 12.3 Å². The number of anilines is 2. The van der Waals surface area contributed by atoms with Crippen molar-refractivity contribution >= 4 is 17.6 Å². The zero-order valence-electron chi connectivity index (χ0n) is 11.9. The predicted molar refractivity (Wildman–Crippen MR) is 87.1 cm³/mol. The van der Waals surface area contributed by atoms with Crippen LogP contribution in [-0.2, 0) is 0 Å². The largest absolute Gasteiger partial charge is 0.398 e. The van der Waals surface area contributed by atoms with E-state index in [0.29, 0.717) is 5.69 Å². The van der Waals surface area contributed by atoms with E-state index in [0.717, 1.165) is 48.8 Å². The number of hydrogen-bond donors (Lipinski definition) is 2. The van der Waals surface area contributed by atoms with Crippen molar-refractivity contribution in [2.45, 2.75) is 0 Å². The van der Waals surface area contributed by atoms with Crippen LogP contribution in [0.2, 0.25) is 0 Å². The van der Waals surface area contributed by atoms with Crippen molar-refractivity contribution in [2.75, 3.05) is 36.8 Å². The van der Waals surface area contributed by atoms with Gasteiger partial charge in [0.15, 0.2) is 0 Å². The summed E-state index contributed by atoms with van der Waals surface area (Å²) in [5, 5.41) is 3.34. The third-order valence-electron chi connectivity index (χ3n) is 3.67. The van der Waals surface area contributed by atoms with Gasteiger partial charge in [0, 0.05) is 37.4 Å². The van der Waals surface area contributed by atoms with Crippen LogP contribution in [0.5, 0.6) is 0 Å². The number of rotatable bonds is 3. The van der Waals surface area contributed by atoms with Gasteiger partial charge in [-0.3, -0.25) is 4.98 Å². The molecule has 3 N–H and O–H groups in total. The van der Waals surface area contributed by atoms with E-state index < -0.39 is 0 Å². The molecule has 0 unspecified atom stereocenters. The van der Waals surface area contributed by atoms with Crippen molar-refractivity contribution in [1.29, 1.82) is 0 Å². The number of piperazine rings is 1. The highest BCUT2D eigenvalue weighted by atomic mass is 15.2. The standard InChI is InChI=1S/C16H19N5/c1-2-12-3-4-13(9-14(12)17)15-10-19-11-16(20-15)21-7-5-18-6-8-21/h2-4,9-11,18H,1,5-8,17H2. The van der Waals surface area contributed by atoms with Crippen LogP contribution in [0.15, 0.2) is 37.2 Å². The van der Waals surface area contributed by atoms with E-state index >= 15 is 0 Å². The summed E-state index contributed by atoms with van der Waals surface area (Å²) in [5.41, 5.74) is 9.47. The van der Waals surface area contributed by atoms with Crippen molar-refractivity contribution in [3.8, 4) is 11.3 Å². The number of nitrogens with zero attached hydrogens (tertiary/aromatic N) is 3. The van der Waals surface area contributed by atoms with Crippen LogP contribution >= 0.6 is 0 Å². The Balaban J connectivity index is 1.91. The van der Waals surface area contributed by atoms with Crippen molar-refractivity contribution in [1.82, 2.24) is 15.3 Å². The Bertz CT molecular complexity index is 647. The molecule has 0 spiro atoms. The number of hydrogen-bond acceptors (Lipinski definition) is 5. The number of nitrogens with one attached hydrogen (secondary N) is 1. The number of nitrogen functional groups attached to an aromatic ring is 1. The molecule has 0 atom stereocenters. The van der Waals surface area contributed by atoms with E-state index in [1.807, 2.05) is 24.4 Å². The molecule has 5 nitrogen and oxygen atoms in total. The first-order chi connectivity index (χ1) is 10.3. The number of aromatic nitrogens is 2. The molecule has 3 rings (SSSR count). The van der Waals surface area contributed by atoms with Crippen LogP contribution in [-0.4, -0.2) is 36.1 Å². The Morgan fingerprint density at radius 1 is 1.24 bits per heavy atom. The van der Waals surface area contributed by atoms with Gasteiger partial charge >= 0.3 is 0 Å². The van der Waals surface area contributed by atoms with Gasteiger partial charge in [0.05, 0.1) is 18.1 Å². The smallest absolute Gasteiger partial charge is 0.147 e. The molecule has 1 fully saturated rings. The summed E-state index contributed by atoms with van der Waals surface area (Å²) < 4.78 is 0. The Morgan fingerprint density at radius 2 is 2.05 bits per heavy atom. The van der Waals surface area contributed by atoms with E-state index in [1.165, 1.54) is 0 Å². The monoisotopic (exact) mass is 281 g/mol. The summed E-state index contributed by atoms with van der Waals surface area (Å²) in [4.78, 5) is 11.3. The zero-order valence-corrected chi connectivity index (χ0v) is 11.9. The molecule has 1 aromatic heterocycles. The van der Waals surface area contributed by atoms with Crippen LogP contribution in [0.25, 0.3) is 17.3 Å². The minimum absolute atomic E-state index is 0.705. The van der Waals surface area contributed by atoms with E-state index in [4.69, 9.17) is 10.7 Å². The number of benzene rings is 1. The first-order valence-corrected chi connectivity index (χ1v) is 7.08. The molecule has 21 heavy (non-hydrogen) atoms. The van der Waals surface area contributed by atoms with Gasteiger partial charge in [0.25, 0.3) is 0 Å². The second-order valence-electron chi connectivity index (χ2n) is 5.05. The predicted octanol–water partition coefficient (Wildman–Crippen LogP) is 1.78. The Kier molecular flexibility index (Phi) is 3.83. The van der Waals surface area contributed by atoms with E-state index in [2.05, 4.69) is 21.8 Å². The summed E-state index contributed by atoms with van der Waals surface area (Å²) >= 11 is 0. The first-order valence-electron chi connectivity index (χ1n) is 7.08. The fourth-order valence-electron chi connectivity index (χ4n) is 2.46. The molecule has 1 aromatic carbocycles. The van der Waals surface area contributed by atoms with Gasteiger partial charge in [-0.15, -0.1) is 0 Å². The minimum atomic E-state index is 0.705. The van der Waals surface area contributed by atoms with Gasteiger partial charge in [-0.25, -0.2) is 4.98 Å². The molecular formula is C16H19N5. The van der Waals surface area contributed by atoms with Crippen LogP contribution in [0.4, 0.5) is 11.5 Å². The first kappa shape index (κ1) is 13.6. The van der Waals surface area contributed by atoms with Crippen LogP contribution in [0.1, 0.15) is 5.56 Å². The van der Waals surface area contributed by atoms with Crippen molar-refractivity contribution < 1.29 is 0 Å². The maximum absolute atomic E-state index is 6.01. The molecule has 1 aliphatic heterocycles. The second kappa shape index (κ2) is 5.93. The average Bonchev–Trinajstić information content (AvgIpc) is 2.56. The minimum Gasteiger partial charge on any atom is -0.398 e. The molecule has 2 heterocycles. The van der Waals surface area contributed by atoms with Gasteiger partial charge in [-0.05, 0) is 11.6 Å². The van der Waals surface area contributed by atoms with Crippen LogP contribution in [0.3, 0.4) is 0 Å². The molecule has 2 aromatic rings. The highest BCUT2D eigenvalue weighted by Crippen LogP contribution is 2.24. The van der Waals surface area contributed by atoms with Crippen molar-refractivity contribution in [3.63, 3.8) is 0 Å². The lowest BCUT2D eigenvalue weighted by Gasteiger charge is -2.28. The van der Waals surface area contributed by atoms with Gasteiger partial charge in [-0.1, -0.05) is 24.8 Å². The highest BCUT2D eigenvalue weighted by molar-refractivity contribution is 5.72. The van der Waals surface area contributed by atoms with Crippen molar-refractivity contribution in [3.05, 3.63) is 42.7 Å². The molecule has 1 aliphatic rings. The van der Waals surface area contributed by atoms with Gasteiger partial charge in [-0.2, -0.15) is 0 Å².